The molecule has 148 valence electrons. The number of nitrogens with one attached hydrogen (secondary N) is 2. The number of rotatable bonds is 9. The van der Waals surface area contributed by atoms with Gasteiger partial charge in [-0.1, -0.05) is 18.2 Å². The second-order valence-corrected chi connectivity index (χ2v) is 7.46. The van der Waals surface area contributed by atoms with E-state index >= 15 is 0 Å². The third kappa shape index (κ3) is 5.45. The van der Waals surface area contributed by atoms with E-state index in [0.717, 1.165) is 5.56 Å². The van der Waals surface area contributed by atoms with Gasteiger partial charge >= 0.3 is 0 Å². The highest BCUT2D eigenvalue weighted by Gasteiger charge is 2.19. The Bertz CT molecular complexity index is 983. The highest BCUT2D eigenvalue weighted by Crippen LogP contribution is 2.27. The molecule has 0 unspecified atom stereocenters. The molecule has 0 radical (unpaired) electrons. The van der Waals surface area contributed by atoms with Gasteiger partial charge in [0.05, 0.1) is 31.2 Å². The number of nitriles is 1. The van der Waals surface area contributed by atoms with E-state index in [9.17, 15) is 13.2 Å². The number of sulfonamides is 1. The molecule has 0 aliphatic carbocycles. The molecule has 8 nitrogen and oxygen atoms in total. The Labute approximate surface area is 164 Å². The first-order valence-electron chi connectivity index (χ1n) is 8.37. The maximum absolute atomic E-state index is 12.3. The van der Waals surface area contributed by atoms with Crippen LogP contribution in [0.4, 0.5) is 0 Å². The average Bonchev–Trinajstić information content (AvgIpc) is 2.72. The van der Waals surface area contributed by atoms with E-state index in [0.29, 0.717) is 24.5 Å². The van der Waals surface area contributed by atoms with E-state index in [1.807, 2.05) is 18.2 Å². The first-order valence-corrected chi connectivity index (χ1v) is 9.86. The van der Waals surface area contributed by atoms with Crippen molar-refractivity contribution in [2.45, 2.75) is 11.3 Å². The summed E-state index contributed by atoms with van der Waals surface area (Å²) in [5, 5.41) is 11.7. The molecular formula is C19H21N3O5S. The third-order valence-electron chi connectivity index (χ3n) is 3.90. The fourth-order valence-electron chi connectivity index (χ4n) is 2.48. The van der Waals surface area contributed by atoms with Crippen LogP contribution in [0.15, 0.2) is 47.4 Å². The minimum absolute atomic E-state index is 0.0175. The van der Waals surface area contributed by atoms with Crippen LogP contribution in [0.2, 0.25) is 0 Å². The van der Waals surface area contributed by atoms with Crippen molar-refractivity contribution in [1.82, 2.24) is 10.0 Å². The van der Waals surface area contributed by atoms with Gasteiger partial charge in [-0.25, -0.2) is 13.1 Å². The maximum Gasteiger partial charge on any atom is 0.242 e. The van der Waals surface area contributed by atoms with Crippen LogP contribution in [0, 0.1) is 11.3 Å². The van der Waals surface area contributed by atoms with Gasteiger partial charge in [0.1, 0.15) is 6.07 Å². The monoisotopic (exact) mass is 403 g/mol. The molecule has 0 aromatic heterocycles. The lowest BCUT2D eigenvalue weighted by molar-refractivity contribution is -0.119. The molecule has 2 rings (SSSR count). The third-order valence-corrected chi connectivity index (χ3v) is 5.36. The molecule has 2 aromatic rings. The van der Waals surface area contributed by atoms with Crippen LogP contribution in [0.3, 0.4) is 0 Å². The van der Waals surface area contributed by atoms with Gasteiger partial charge in [0, 0.05) is 6.54 Å². The molecule has 0 spiro atoms. The average molecular weight is 403 g/mol. The molecule has 0 aliphatic heterocycles. The summed E-state index contributed by atoms with van der Waals surface area (Å²) in [4.78, 5) is 11.8. The van der Waals surface area contributed by atoms with Gasteiger partial charge in [0.15, 0.2) is 11.5 Å². The highest BCUT2D eigenvalue weighted by molar-refractivity contribution is 7.89. The predicted octanol–water partition coefficient (Wildman–Crippen LogP) is 1.21. The zero-order valence-electron chi connectivity index (χ0n) is 15.6. The fraction of sp³-hybridized carbons (Fsp3) is 0.263. The van der Waals surface area contributed by atoms with E-state index in [2.05, 4.69) is 10.0 Å². The number of nitrogens with zero attached hydrogens (tertiary/aromatic N) is 1. The number of benzene rings is 2. The van der Waals surface area contributed by atoms with Crippen LogP contribution in [-0.2, 0) is 21.2 Å². The lowest BCUT2D eigenvalue weighted by atomic mass is 10.1. The smallest absolute Gasteiger partial charge is 0.242 e. The Balaban J connectivity index is 1.87. The Morgan fingerprint density at radius 3 is 2.50 bits per heavy atom. The van der Waals surface area contributed by atoms with Crippen LogP contribution < -0.4 is 19.5 Å². The minimum atomic E-state index is -3.96. The second-order valence-electron chi connectivity index (χ2n) is 5.72. The van der Waals surface area contributed by atoms with Crippen molar-refractivity contribution in [2.24, 2.45) is 0 Å². The van der Waals surface area contributed by atoms with Crippen molar-refractivity contribution in [1.29, 1.82) is 5.26 Å². The lowest BCUT2D eigenvalue weighted by Gasteiger charge is -2.11. The van der Waals surface area contributed by atoms with Crippen LogP contribution in [0.1, 0.15) is 11.1 Å². The predicted molar refractivity (Wildman–Crippen MR) is 103 cm³/mol. The zero-order valence-corrected chi connectivity index (χ0v) is 16.4. The van der Waals surface area contributed by atoms with Gasteiger partial charge in [-0.05, 0) is 36.2 Å². The summed E-state index contributed by atoms with van der Waals surface area (Å²) in [6.45, 7) is -0.0984. The van der Waals surface area contributed by atoms with E-state index in [1.54, 1.807) is 26.4 Å². The summed E-state index contributed by atoms with van der Waals surface area (Å²) in [6.07, 6.45) is 0.538. The molecule has 0 saturated heterocycles. The van der Waals surface area contributed by atoms with Crippen LogP contribution in [0.25, 0.3) is 0 Å². The molecule has 0 atom stereocenters. The van der Waals surface area contributed by atoms with Gasteiger partial charge in [0.25, 0.3) is 0 Å². The summed E-state index contributed by atoms with van der Waals surface area (Å²) in [6, 6.07) is 13.1. The number of hydrogen-bond acceptors (Lipinski definition) is 6. The molecule has 0 saturated carbocycles. The molecule has 1 amide bonds. The first kappa shape index (κ1) is 21.2. The number of methoxy groups -OCH3 is 2. The molecule has 2 aromatic carbocycles. The molecule has 0 fully saturated rings. The van der Waals surface area contributed by atoms with E-state index < -0.39 is 22.5 Å². The van der Waals surface area contributed by atoms with E-state index in [1.165, 1.54) is 18.2 Å². The van der Waals surface area contributed by atoms with Gasteiger partial charge in [-0.15, -0.1) is 0 Å². The molecule has 2 N–H and O–H groups in total. The standard InChI is InChI=1S/C19H21N3O5S/c1-26-16-8-7-14(11-17(16)27-2)9-10-21-19(23)13-22-28(24,25)18-6-4-3-5-15(18)12-20/h3-8,11,22H,9-10,13H2,1-2H3,(H,21,23). The first-order chi connectivity index (χ1) is 13.4. The van der Waals surface area contributed by atoms with E-state index in [4.69, 9.17) is 14.7 Å². The van der Waals surface area contributed by atoms with Crippen molar-refractivity contribution >= 4 is 15.9 Å². The topological polar surface area (TPSA) is 118 Å². The Hall–Kier alpha value is -3.09. The maximum atomic E-state index is 12.3. The second kappa shape index (κ2) is 9.73. The van der Waals surface area contributed by atoms with E-state index in [-0.39, 0.29) is 10.5 Å². The molecule has 0 bridgehead atoms. The van der Waals surface area contributed by atoms with Gasteiger partial charge in [0.2, 0.25) is 15.9 Å². The Morgan fingerprint density at radius 1 is 1.11 bits per heavy atom. The molecule has 28 heavy (non-hydrogen) atoms. The summed E-state index contributed by atoms with van der Waals surface area (Å²) >= 11 is 0. The number of hydrogen-bond donors (Lipinski definition) is 2. The summed E-state index contributed by atoms with van der Waals surface area (Å²) in [7, 11) is -0.865. The minimum Gasteiger partial charge on any atom is -0.493 e. The van der Waals surface area contributed by atoms with Crippen molar-refractivity contribution in [3.63, 3.8) is 0 Å². The zero-order chi connectivity index (χ0) is 20.6. The quantitative estimate of drug-likeness (QED) is 0.650. The SMILES string of the molecule is COc1ccc(CCNC(=O)CNS(=O)(=O)c2ccccc2C#N)cc1OC. The summed E-state index contributed by atoms with van der Waals surface area (Å²) < 4.78 is 37.2. The largest absolute Gasteiger partial charge is 0.493 e. The van der Waals surface area contributed by atoms with Gasteiger partial charge in [-0.2, -0.15) is 5.26 Å². The number of ether oxygens (including phenoxy) is 2. The molecule has 0 aliphatic rings. The van der Waals surface area contributed by atoms with Crippen molar-refractivity contribution < 1.29 is 22.7 Å². The Kier molecular flexibility index (Phi) is 7.37. The van der Waals surface area contributed by atoms with Crippen molar-refractivity contribution in [3.05, 3.63) is 53.6 Å². The number of amides is 1. The van der Waals surface area contributed by atoms with Crippen LogP contribution in [0.5, 0.6) is 11.5 Å². The summed E-state index contributed by atoms with van der Waals surface area (Å²) in [5.74, 6) is 0.732. The number of carbonyl (C=O) groups excluding carboxylic acids is 1. The van der Waals surface area contributed by atoms with Gasteiger partial charge in [-0.3, -0.25) is 4.79 Å². The highest BCUT2D eigenvalue weighted by atomic mass is 32.2. The van der Waals surface area contributed by atoms with Crippen molar-refractivity contribution in [3.8, 4) is 17.6 Å². The Morgan fingerprint density at radius 2 is 1.82 bits per heavy atom. The van der Waals surface area contributed by atoms with Crippen molar-refractivity contribution in [2.75, 3.05) is 27.3 Å². The van der Waals surface area contributed by atoms with Crippen LogP contribution in [-0.4, -0.2) is 41.6 Å². The van der Waals surface area contributed by atoms with Gasteiger partial charge < -0.3 is 14.8 Å². The number of carbonyl (C=O) groups is 1. The molecule has 9 heteroatoms. The molecular weight excluding hydrogens is 382 g/mol. The normalized spacial score (nSPS) is 10.8. The molecule has 0 heterocycles. The summed E-state index contributed by atoms with van der Waals surface area (Å²) in [5.41, 5.74) is 0.949. The lowest BCUT2D eigenvalue weighted by Crippen LogP contribution is -2.37. The fourth-order valence-corrected chi connectivity index (χ4v) is 3.61. The van der Waals surface area contributed by atoms with Crippen LogP contribution >= 0.6 is 0 Å².